The molecule has 168 valence electrons. The summed E-state index contributed by atoms with van der Waals surface area (Å²) in [5, 5.41) is 9.77. The van der Waals surface area contributed by atoms with Gasteiger partial charge in [0.1, 0.15) is 10.8 Å². The fourth-order valence-corrected chi connectivity index (χ4v) is 5.69. The van der Waals surface area contributed by atoms with Crippen molar-refractivity contribution in [2.24, 2.45) is 0 Å². The average molecular weight is 469 g/mol. The lowest BCUT2D eigenvalue weighted by Gasteiger charge is -2.35. The minimum Gasteiger partial charge on any atom is -0.254 e. The highest BCUT2D eigenvalue weighted by molar-refractivity contribution is 7.90. The van der Waals surface area contributed by atoms with Crippen molar-refractivity contribution >= 4 is 26.5 Å². The van der Waals surface area contributed by atoms with E-state index in [1.54, 1.807) is 24.3 Å². The van der Waals surface area contributed by atoms with Gasteiger partial charge in [0, 0.05) is 23.6 Å². The minimum absolute atomic E-state index is 0.0340. The van der Waals surface area contributed by atoms with Gasteiger partial charge in [-0.05, 0) is 24.3 Å². The molecule has 0 spiro atoms. The van der Waals surface area contributed by atoms with Crippen LogP contribution in [0.25, 0.3) is 16.5 Å². The summed E-state index contributed by atoms with van der Waals surface area (Å²) in [4.78, 5) is 3.89. The Morgan fingerprint density at radius 3 is 2.48 bits per heavy atom. The number of nitrogens with zero attached hydrogens (tertiary/aromatic N) is 2. The molecule has 0 saturated carbocycles. The first kappa shape index (κ1) is 22.7. The van der Waals surface area contributed by atoms with Gasteiger partial charge in [-0.2, -0.15) is 18.4 Å². The van der Waals surface area contributed by atoms with Crippen LogP contribution in [0.15, 0.2) is 73.0 Å². The topological polar surface area (TPSA) is 82.9 Å². The molecule has 1 aromatic heterocycles. The van der Waals surface area contributed by atoms with Crippen LogP contribution in [0.5, 0.6) is 0 Å². The number of halogens is 3. The second-order valence-electron chi connectivity index (χ2n) is 7.55. The van der Waals surface area contributed by atoms with E-state index in [4.69, 9.17) is 0 Å². The van der Waals surface area contributed by atoms with E-state index in [2.05, 4.69) is 9.71 Å². The number of pyridine rings is 1. The van der Waals surface area contributed by atoms with Gasteiger partial charge in [0.2, 0.25) is 10.0 Å². The molecule has 1 atom stereocenters. The Hall–Kier alpha value is -3.48. The lowest BCUT2D eigenvalue weighted by atomic mass is 9.81. The molecule has 0 radical (unpaired) electrons. The summed E-state index contributed by atoms with van der Waals surface area (Å²) in [6.07, 6.45) is 0.956. The van der Waals surface area contributed by atoms with E-state index in [0.717, 1.165) is 17.8 Å². The van der Waals surface area contributed by atoms with Crippen LogP contribution in [-0.2, 0) is 20.9 Å². The Morgan fingerprint density at radius 2 is 1.85 bits per heavy atom. The van der Waals surface area contributed by atoms with E-state index in [1.165, 1.54) is 25.3 Å². The lowest BCUT2D eigenvalue weighted by Crippen LogP contribution is -2.43. The van der Waals surface area contributed by atoms with Crippen LogP contribution in [0.1, 0.15) is 28.7 Å². The fraction of sp³-hybridized carbons (Fsp3) is 0.167. The van der Waals surface area contributed by atoms with Crippen LogP contribution in [-0.4, -0.2) is 20.4 Å². The third kappa shape index (κ3) is 3.71. The zero-order valence-electron chi connectivity index (χ0n) is 17.4. The van der Waals surface area contributed by atoms with Gasteiger partial charge < -0.3 is 0 Å². The van der Waals surface area contributed by atoms with E-state index in [9.17, 15) is 26.9 Å². The van der Waals surface area contributed by atoms with E-state index in [-0.39, 0.29) is 22.9 Å². The number of nitriles is 1. The van der Waals surface area contributed by atoms with Crippen molar-refractivity contribution in [1.82, 2.24) is 9.71 Å². The smallest absolute Gasteiger partial charge is 0.254 e. The number of alkyl halides is 3. The quantitative estimate of drug-likeness (QED) is 0.588. The van der Waals surface area contributed by atoms with Gasteiger partial charge in [0.05, 0.1) is 16.6 Å². The van der Waals surface area contributed by atoms with Crippen LogP contribution in [0.4, 0.5) is 13.2 Å². The fourth-order valence-electron chi connectivity index (χ4n) is 4.24. The largest absolute Gasteiger partial charge is 0.418 e. The number of para-hydroxylation sites is 1. The molecule has 4 rings (SSSR count). The van der Waals surface area contributed by atoms with E-state index in [0.29, 0.717) is 5.57 Å². The second-order valence-corrected chi connectivity index (χ2v) is 9.69. The minimum atomic E-state index is -4.70. The van der Waals surface area contributed by atoms with Gasteiger partial charge in [0.15, 0.2) is 0 Å². The number of allylic oxidation sites excluding steroid dienone is 3. The number of hydrogen-bond donors (Lipinski definition) is 1. The van der Waals surface area contributed by atoms with Gasteiger partial charge in [-0.3, -0.25) is 4.98 Å². The number of rotatable bonds is 4. The highest BCUT2D eigenvalue weighted by Crippen LogP contribution is 2.47. The third-order valence-corrected chi connectivity index (χ3v) is 7.74. The van der Waals surface area contributed by atoms with Gasteiger partial charge >= 0.3 is 6.18 Å². The predicted octanol–water partition coefficient (Wildman–Crippen LogP) is 4.91. The average Bonchev–Trinajstić information content (AvgIpc) is 2.82. The molecular weight excluding hydrogens is 451 g/mol. The van der Waals surface area contributed by atoms with Crippen LogP contribution < -0.4 is 4.72 Å². The first-order valence-corrected chi connectivity index (χ1v) is 11.4. The molecule has 3 aromatic rings. The second kappa shape index (κ2) is 8.14. The molecular formula is C24H18F3N3O2S. The predicted molar refractivity (Wildman–Crippen MR) is 119 cm³/mol. The van der Waals surface area contributed by atoms with Gasteiger partial charge in [-0.1, -0.05) is 60.7 Å². The normalized spacial score (nSPS) is 18.7. The maximum atomic E-state index is 13.7. The number of aromatic nitrogens is 1. The molecule has 1 N–H and O–H groups in total. The number of hydrogen-bond acceptors (Lipinski definition) is 4. The number of sulfonamides is 1. The third-order valence-electron chi connectivity index (χ3n) is 5.76. The first-order valence-electron chi connectivity index (χ1n) is 9.91. The van der Waals surface area contributed by atoms with Crippen LogP contribution in [0, 0.1) is 11.3 Å². The van der Waals surface area contributed by atoms with Crippen molar-refractivity contribution < 1.29 is 21.6 Å². The van der Waals surface area contributed by atoms with Crippen molar-refractivity contribution in [3.63, 3.8) is 0 Å². The van der Waals surface area contributed by atoms with Gasteiger partial charge in [-0.25, -0.2) is 13.1 Å². The van der Waals surface area contributed by atoms with Crippen molar-refractivity contribution in [2.45, 2.75) is 17.3 Å². The molecule has 2 aromatic carbocycles. The Labute approximate surface area is 188 Å². The van der Waals surface area contributed by atoms with Crippen LogP contribution in [0.2, 0.25) is 0 Å². The molecule has 0 bridgehead atoms. The Balaban J connectivity index is 2.09. The summed E-state index contributed by atoms with van der Waals surface area (Å²) in [7, 11) is -2.95. The highest BCUT2D eigenvalue weighted by atomic mass is 32.2. The molecule has 1 unspecified atom stereocenters. The monoisotopic (exact) mass is 469 g/mol. The van der Waals surface area contributed by atoms with E-state index < -0.39 is 32.0 Å². The number of nitrogens with one attached hydrogen (secondary N) is 1. The van der Waals surface area contributed by atoms with Crippen molar-refractivity contribution in [2.75, 3.05) is 7.05 Å². The number of benzene rings is 2. The summed E-state index contributed by atoms with van der Waals surface area (Å²) < 4.78 is 68.6. The van der Waals surface area contributed by atoms with Gasteiger partial charge in [0.25, 0.3) is 0 Å². The molecule has 1 aliphatic carbocycles. The van der Waals surface area contributed by atoms with E-state index >= 15 is 0 Å². The molecule has 0 aliphatic heterocycles. The van der Waals surface area contributed by atoms with Crippen LogP contribution in [0.3, 0.4) is 0 Å². The molecule has 33 heavy (non-hydrogen) atoms. The Bertz CT molecular complexity index is 1440. The Kier molecular flexibility index (Phi) is 5.60. The molecule has 5 nitrogen and oxygen atoms in total. The molecule has 9 heteroatoms. The molecule has 1 aliphatic rings. The standard InChI is InChI=1S/C24H18F3N3O2S/c1-29-33(31,32)23(12-6-9-17(13-23)16-7-3-2-4-8-16)21-18(14-28)15-30-22-19(21)10-5-11-20(22)24(25,26)27/h2-12,15,29H,13H2,1H3. The van der Waals surface area contributed by atoms with Crippen molar-refractivity contribution in [3.8, 4) is 6.07 Å². The Morgan fingerprint density at radius 1 is 1.12 bits per heavy atom. The maximum absolute atomic E-state index is 13.7. The lowest BCUT2D eigenvalue weighted by molar-refractivity contribution is -0.136. The summed E-state index contributed by atoms with van der Waals surface area (Å²) >= 11 is 0. The van der Waals surface area contributed by atoms with E-state index in [1.807, 2.05) is 24.3 Å². The van der Waals surface area contributed by atoms with Crippen molar-refractivity contribution in [1.29, 1.82) is 5.26 Å². The molecule has 0 amide bonds. The number of fused-ring (bicyclic) bond motifs is 1. The highest BCUT2D eigenvalue weighted by Gasteiger charge is 2.47. The summed E-state index contributed by atoms with van der Waals surface area (Å²) in [5.74, 6) is 0. The zero-order chi connectivity index (χ0) is 23.9. The first-order chi connectivity index (χ1) is 15.6. The summed E-state index contributed by atoms with van der Waals surface area (Å²) in [6.45, 7) is 0. The maximum Gasteiger partial charge on any atom is 0.418 e. The molecule has 0 saturated heterocycles. The summed E-state index contributed by atoms with van der Waals surface area (Å²) in [6, 6.07) is 14.5. The van der Waals surface area contributed by atoms with Crippen LogP contribution >= 0.6 is 0 Å². The SMILES string of the molecule is CNS(=O)(=O)C1(c2c(C#N)cnc3c(C(F)(F)F)cccc23)C=CC=C(c2ccccc2)C1. The molecule has 1 heterocycles. The molecule has 0 fully saturated rings. The van der Waals surface area contributed by atoms with Gasteiger partial charge in [-0.15, -0.1) is 0 Å². The zero-order valence-corrected chi connectivity index (χ0v) is 18.2. The van der Waals surface area contributed by atoms with Crippen molar-refractivity contribution in [3.05, 3.63) is 95.2 Å². The summed E-state index contributed by atoms with van der Waals surface area (Å²) in [5.41, 5.74) is -0.119.